The molecule has 92 valence electrons. The Hall–Kier alpha value is -1.50. The van der Waals surface area contributed by atoms with Crippen LogP contribution in [0.25, 0.3) is 0 Å². The second kappa shape index (κ2) is 4.06. The SMILES string of the molecule is Cn1nnc(CN2CC3NCCCC3C2=O)n1. The van der Waals surface area contributed by atoms with Crippen molar-refractivity contribution in [1.29, 1.82) is 0 Å². The van der Waals surface area contributed by atoms with E-state index in [1.807, 2.05) is 4.90 Å². The molecule has 2 fully saturated rings. The van der Waals surface area contributed by atoms with Crippen molar-refractivity contribution in [3.63, 3.8) is 0 Å². The van der Waals surface area contributed by atoms with E-state index >= 15 is 0 Å². The Labute approximate surface area is 99.2 Å². The molecule has 3 rings (SSSR count). The average Bonchev–Trinajstić information content (AvgIpc) is 2.86. The smallest absolute Gasteiger partial charge is 0.227 e. The molecule has 1 aromatic heterocycles. The molecule has 7 nitrogen and oxygen atoms in total. The van der Waals surface area contributed by atoms with E-state index in [0.717, 1.165) is 25.9 Å². The summed E-state index contributed by atoms with van der Waals surface area (Å²) in [5.41, 5.74) is 0. The van der Waals surface area contributed by atoms with E-state index in [2.05, 4.69) is 20.7 Å². The number of carbonyl (C=O) groups is 1. The van der Waals surface area contributed by atoms with Crippen molar-refractivity contribution in [3.8, 4) is 0 Å². The number of tetrazole rings is 1. The predicted octanol–water partition coefficient (Wildman–Crippen LogP) is -1.08. The van der Waals surface area contributed by atoms with Crippen LogP contribution in [-0.2, 0) is 18.4 Å². The fourth-order valence-electron chi connectivity index (χ4n) is 2.70. The second-order valence-electron chi connectivity index (χ2n) is 4.72. The number of amides is 1. The lowest BCUT2D eigenvalue weighted by Crippen LogP contribution is -2.41. The largest absolute Gasteiger partial charge is 0.333 e. The molecule has 1 amide bonds. The molecule has 2 atom stereocenters. The molecule has 3 heterocycles. The first-order valence-corrected chi connectivity index (χ1v) is 5.99. The minimum Gasteiger partial charge on any atom is -0.333 e. The van der Waals surface area contributed by atoms with Gasteiger partial charge in [0.2, 0.25) is 5.91 Å². The first-order valence-electron chi connectivity index (χ1n) is 5.99. The van der Waals surface area contributed by atoms with Crippen LogP contribution >= 0.6 is 0 Å². The van der Waals surface area contributed by atoms with Crippen molar-refractivity contribution >= 4 is 5.91 Å². The van der Waals surface area contributed by atoms with Gasteiger partial charge in [-0.25, -0.2) is 0 Å². The van der Waals surface area contributed by atoms with Gasteiger partial charge in [0.25, 0.3) is 0 Å². The number of hydrogen-bond donors (Lipinski definition) is 1. The third-order valence-corrected chi connectivity index (χ3v) is 3.51. The number of nitrogens with zero attached hydrogens (tertiary/aromatic N) is 5. The van der Waals surface area contributed by atoms with Gasteiger partial charge in [-0.2, -0.15) is 4.80 Å². The minimum atomic E-state index is 0.153. The number of piperidine rings is 1. The molecule has 0 radical (unpaired) electrons. The number of aromatic nitrogens is 4. The fourth-order valence-corrected chi connectivity index (χ4v) is 2.70. The number of fused-ring (bicyclic) bond motifs is 1. The topological polar surface area (TPSA) is 75.9 Å². The van der Waals surface area contributed by atoms with Gasteiger partial charge >= 0.3 is 0 Å². The van der Waals surface area contributed by atoms with Crippen molar-refractivity contribution < 1.29 is 4.79 Å². The van der Waals surface area contributed by atoms with E-state index in [1.165, 1.54) is 4.80 Å². The Kier molecular flexibility index (Phi) is 2.54. The molecule has 7 heteroatoms. The van der Waals surface area contributed by atoms with Crippen molar-refractivity contribution in [2.75, 3.05) is 13.1 Å². The maximum Gasteiger partial charge on any atom is 0.227 e. The summed E-state index contributed by atoms with van der Waals surface area (Å²) in [5.74, 6) is 0.995. The lowest BCUT2D eigenvalue weighted by molar-refractivity contribution is -0.132. The van der Waals surface area contributed by atoms with Crippen LogP contribution in [0.4, 0.5) is 0 Å². The Bertz CT molecular complexity index is 430. The number of rotatable bonds is 2. The molecule has 0 aromatic carbocycles. The highest BCUT2D eigenvalue weighted by atomic mass is 16.2. The third kappa shape index (κ3) is 1.90. The standard InChI is InChI=1S/C10H16N6O/c1-15-13-9(12-14-15)6-16-5-8-7(10(16)17)3-2-4-11-8/h7-8,11H,2-6H2,1H3. The van der Waals surface area contributed by atoms with Crippen molar-refractivity contribution in [3.05, 3.63) is 5.82 Å². The van der Waals surface area contributed by atoms with Gasteiger partial charge in [-0.05, 0) is 24.6 Å². The Morgan fingerprint density at radius 3 is 3.12 bits per heavy atom. The van der Waals surface area contributed by atoms with Crippen LogP contribution in [0.1, 0.15) is 18.7 Å². The number of aryl methyl sites for hydroxylation is 1. The summed E-state index contributed by atoms with van der Waals surface area (Å²) >= 11 is 0. The average molecular weight is 236 g/mol. The van der Waals surface area contributed by atoms with E-state index in [9.17, 15) is 4.79 Å². The van der Waals surface area contributed by atoms with E-state index in [4.69, 9.17) is 0 Å². The summed E-state index contributed by atoms with van der Waals surface area (Å²) in [5, 5.41) is 15.2. The van der Waals surface area contributed by atoms with Crippen LogP contribution in [0, 0.1) is 5.92 Å². The number of carbonyl (C=O) groups excluding carboxylic acids is 1. The highest BCUT2D eigenvalue weighted by Crippen LogP contribution is 2.26. The van der Waals surface area contributed by atoms with Gasteiger partial charge in [0, 0.05) is 12.6 Å². The summed E-state index contributed by atoms with van der Waals surface area (Å²) in [6.07, 6.45) is 2.09. The Morgan fingerprint density at radius 1 is 1.53 bits per heavy atom. The number of nitrogens with one attached hydrogen (secondary N) is 1. The zero-order valence-corrected chi connectivity index (χ0v) is 9.83. The summed E-state index contributed by atoms with van der Waals surface area (Å²) in [7, 11) is 1.73. The molecule has 1 aromatic rings. The van der Waals surface area contributed by atoms with Crippen molar-refractivity contribution in [2.24, 2.45) is 13.0 Å². The van der Waals surface area contributed by atoms with Gasteiger partial charge in [0.1, 0.15) is 0 Å². The van der Waals surface area contributed by atoms with Crippen molar-refractivity contribution in [1.82, 2.24) is 30.4 Å². The molecule has 17 heavy (non-hydrogen) atoms. The number of hydrogen-bond acceptors (Lipinski definition) is 5. The maximum atomic E-state index is 12.2. The van der Waals surface area contributed by atoms with Crippen LogP contribution in [0.5, 0.6) is 0 Å². The highest BCUT2D eigenvalue weighted by Gasteiger charge is 2.41. The maximum absolute atomic E-state index is 12.2. The lowest BCUT2D eigenvalue weighted by atomic mass is 9.94. The lowest BCUT2D eigenvalue weighted by Gasteiger charge is -2.23. The van der Waals surface area contributed by atoms with Crippen LogP contribution in [0.15, 0.2) is 0 Å². The molecule has 2 aliphatic heterocycles. The first kappa shape index (κ1) is 10.6. The first-order chi connectivity index (χ1) is 8.24. The molecular formula is C10H16N6O. The fraction of sp³-hybridized carbons (Fsp3) is 0.800. The molecular weight excluding hydrogens is 220 g/mol. The molecule has 0 aliphatic carbocycles. The van der Waals surface area contributed by atoms with Crippen LogP contribution in [0.2, 0.25) is 0 Å². The molecule has 0 spiro atoms. The van der Waals surface area contributed by atoms with Gasteiger partial charge in [-0.3, -0.25) is 4.79 Å². The van der Waals surface area contributed by atoms with Crippen molar-refractivity contribution in [2.45, 2.75) is 25.4 Å². The predicted molar refractivity (Wildman–Crippen MR) is 58.7 cm³/mol. The molecule has 2 saturated heterocycles. The molecule has 0 bridgehead atoms. The molecule has 2 unspecified atom stereocenters. The van der Waals surface area contributed by atoms with Crippen LogP contribution in [-0.4, -0.2) is 50.1 Å². The Morgan fingerprint density at radius 2 is 2.41 bits per heavy atom. The monoisotopic (exact) mass is 236 g/mol. The van der Waals surface area contributed by atoms with Gasteiger partial charge in [-0.1, -0.05) is 0 Å². The Balaban J connectivity index is 1.70. The van der Waals surface area contributed by atoms with Crippen LogP contribution < -0.4 is 5.32 Å². The van der Waals surface area contributed by atoms with Gasteiger partial charge in [0.15, 0.2) is 5.82 Å². The van der Waals surface area contributed by atoms with E-state index in [-0.39, 0.29) is 11.8 Å². The van der Waals surface area contributed by atoms with E-state index < -0.39 is 0 Å². The quantitative estimate of drug-likeness (QED) is 0.707. The summed E-state index contributed by atoms with van der Waals surface area (Å²) in [6, 6.07) is 0.313. The second-order valence-corrected chi connectivity index (χ2v) is 4.72. The summed E-state index contributed by atoms with van der Waals surface area (Å²) in [4.78, 5) is 15.4. The summed E-state index contributed by atoms with van der Waals surface area (Å²) < 4.78 is 0. The third-order valence-electron chi connectivity index (χ3n) is 3.51. The van der Waals surface area contributed by atoms with Gasteiger partial charge in [-0.15, -0.1) is 10.2 Å². The number of likely N-dealkylation sites (tertiary alicyclic amines) is 1. The zero-order chi connectivity index (χ0) is 11.8. The van der Waals surface area contributed by atoms with Gasteiger partial charge in [0.05, 0.1) is 19.5 Å². The van der Waals surface area contributed by atoms with Gasteiger partial charge < -0.3 is 10.2 Å². The molecule has 0 saturated carbocycles. The van der Waals surface area contributed by atoms with Crippen LogP contribution in [0.3, 0.4) is 0 Å². The minimum absolute atomic E-state index is 0.153. The zero-order valence-electron chi connectivity index (χ0n) is 9.83. The summed E-state index contributed by atoms with van der Waals surface area (Å²) in [6.45, 7) is 2.26. The normalized spacial score (nSPS) is 28.5. The highest BCUT2D eigenvalue weighted by molar-refractivity contribution is 5.82. The molecule has 2 aliphatic rings. The molecule has 1 N–H and O–H groups in total. The van der Waals surface area contributed by atoms with E-state index in [0.29, 0.717) is 18.4 Å². The van der Waals surface area contributed by atoms with E-state index in [1.54, 1.807) is 7.05 Å².